The van der Waals surface area contributed by atoms with Crippen LogP contribution >= 0.6 is 0 Å². The van der Waals surface area contributed by atoms with E-state index in [1.54, 1.807) is 11.1 Å². The molecule has 0 amide bonds. The second kappa shape index (κ2) is 10.7. The Balaban J connectivity index is 1.39. The second-order valence-electron chi connectivity index (χ2n) is 8.51. The van der Waals surface area contributed by atoms with Crippen molar-refractivity contribution in [1.29, 1.82) is 0 Å². The molecule has 1 aliphatic carbocycles. The predicted molar refractivity (Wildman–Crippen MR) is 120 cm³/mol. The number of benzene rings is 2. The molecule has 0 bridgehead atoms. The zero-order valence-corrected chi connectivity index (χ0v) is 17.7. The highest BCUT2D eigenvalue weighted by atomic mass is 14.2. The number of rotatable bonds is 12. The molecule has 0 fully saturated rings. The van der Waals surface area contributed by atoms with Crippen LogP contribution in [0.2, 0.25) is 0 Å². The van der Waals surface area contributed by atoms with Gasteiger partial charge in [0.25, 0.3) is 0 Å². The molecule has 2 aromatic rings. The summed E-state index contributed by atoms with van der Waals surface area (Å²) in [5.41, 5.74) is 9.22. The summed E-state index contributed by atoms with van der Waals surface area (Å²) in [5.74, 6) is 0. The summed E-state index contributed by atoms with van der Waals surface area (Å²) in [6.45, 7) is 4.60. The van der Waals surface area contributed by atoms with Crippen molar-refractivity contribution < 1.29 is 0 Å². The number of aryl methyl sites for hydroxylation is 1. The van der Waals surface area contributed by atoms with Crippen LogP contribution in [-0.4, -0.2) is 0 Å². The van der Waals surface area contributed by atoms with Gasteiger partial charge in [-0.3, -0.25) is 0 Å². The highest BCUT2D eigenvalue weighted by Gasteiger charge is 2.21. The summed E-state index contributed by atoms with van der Waals surface area (Å²) in [7, 11) is 0. The summed E-state index contributed by atoms with van der Waals surface area (Å²) in [6.07, 6.45) is 18.0. The molecular formula is C27H38. The second-order valence-corrected chi connectivity index (χ2v) is 8.51. The van der Waals surface area contributed by atoms with E-state index in [0.29, 0.717) is 0 Å². The standard InChI is InChI=1S/C27H38/c1-3-4-5-6-7-8-9-10-11-12-13-17-24-22(2)19-20-26-25-18-15-14-16-23(25)21-27(24)26/h14-16,18-20H,3-13,17,21H2,1-2H3. The molecule has 0 heterocycles. The van der Waals surface area contributed by atoms with Crippen molar-refractivity contribution in [2.75, 3.05) is 0 Å². The van der Waals surface area contributed by atoms with Crippen LogP contribution < -0.4 is 0 Å². The molecule has 1 aliphatic rings. The Bertz CT molecular complexity index is 710. The van der Waals surface area contributed by atoms with Crippen LogP contribution in [-0.2, 0) is 12.8 Å². The number of fused-ring (bicyclic) bond motifs is 3. The largest absolute Gasteiger partial charge is 0.0654 e. The molecule has 3 rings (SSSR count). The van der Waals surface area contributed by atoms with Crippen LogP contribution in [0.25, 0.3) is 11.1 Å². The molecule has 0 heteroatoms. The average Bonchev–Trinajstić information content (AvgIpc) is 3.06. The van der Waals surface area contributed by atoms with Crippen LogP contribution in [0.5, 0.6) is 0 Å². The monoisotopic (exact) mass is 362 g/mol. The Labute approximate surface area is 167 Å². The van der Waals surface area contributed by atoms with Gasteiger partial charge in [0.15, 0.2) is 0 Å². The Morgan fingerprint density at radius 2 is 1.30 bits per heavy atom. The van der Waals surface area contributed by atoms with E-state index in [9.17, 15) is 0 Å². The summed E-state index contributed by atoms with van der Waals surface area (Å²) in [5, 5.41) is 0. The van der Waals surface area contributed by atoms with Gasteiger partial charge in [-0.2, -0.15) is 0 Å². The van der Waals surface area contributed by atoms with Gasteiger partial charge >= 0.3 is 0 Å². The minimum Gasteiger partial charge on any atom is -0.0654 e. The van der Waals surface area contributed by atoms with E-state index in [1.165, 1.54) is 99.3 Å². The molecule has 0 atom stereocenters. The van der Waals surface area contributed by atoms with E-state index >= 15 is 0 Å². The van der Waals surface area contributed by atoms with E-state index in [-0.39, 0.29) is 0 Å². The third-order valence-electron chi connectivity index (χ3n) is 6.37. The molecule has 0 radical (unpaired) electrons. The lowest BCUT2D eigenvalue weighted by Gasteiger charge is -2.12. The lowest BCUT2D eigenvalue weighted by molar-refractivity contribution is 0.549. The third-order valence-corrected chi connectivity index (χ3v) is 6.37. The van der Waals surface area contributed by atoms with Gasteiger partial charge < -0.3 is 0 Å². The van der Waals surface area contributed by atoms with Gasteiger partial charge in [-0.15, -0.1) is 0 Å². The van der Waals surface area contributed by atoms with Crippen LogP contribution in [0.1, 0.15) is 99.8 Å². The Hall–Kier alpha value is -1.56. The lowest BCUT2D eigenvalue weighted by atomic mass is 9.93. The van der Waals surface area contributed by atoms with E-state index < -0.39 is 0 Å². The third kappa shape index (κ3) is 5.47. The molecule has 146 valence electrons. The summed E-state index contributed by atoms with van der Waals surface area (Å²) in [4.78, 5) is 0. The van der Waals surface area contributed by atoms with Gasteiger partial charge in [0, 0.05) is 0 Å². The van der Waals surface area contributed by atoms with E-state index in [2.05, 4.69) is 50.2 Å². The molecule has 0 saturated carbocycles. The zero-order chi connectivity index (χ0) is 18.9. The van der Waals surface area contributed by atoms with Crippen LogP contribution in [0.3, 0.4) is 0 Å². The van der Waals surface area contributed by atoms with Crippen LogP contribution in [0, 0.1) is 6.92 Å². The minimum absolute atomic E-state index is 1.14. The number of hydrogen-bond acceptors (Lipinski definition) is 0. The zero-order valence-electron chi connectivity index (χ0n) is 17.7. The normalized spacial score (nSPS) is 12.2. The number of hydrogen-bond donors (Lipinski definition) is 0. The summed E-state index contributed by atoms with van der Waals surface area (Å²) < 4.78 is 0. The molecule has 27 heavy (non-hydrogen) atoms. The van der Waals surface area contributed by atoms with Crippen molar-refractivity contribution in [1.82, 2.24) is 0 Å². The molecule has 2 aromatic carbocycles. The summed E-state index contributed by atoms with van der Waals surface area (Å²) in [6, 6.07) is 13.6. The van der Waals surface area contributed by atoms with E-state index in [1.807, 2.05) is 0 Å². The van der Waals surface area contributed by atoms with Gasteiger partial charge in [0.1, 0.15) is 0 Å². The van der Waals surface area contributed by atoms with E-state index in [4.69, 9.17) is 0 Å². The molecular weight excluding hydrogens is 324 g/mol. The highest BCUT2D eigenvalue weighted by molar-refractivity contribution is 5.78. The fraction of sp³-hybridized carbons (Fsp3) is 0.556. The molecule has 0 aromatic heterocycles. The fourth-order valence-corrected chi connectivity index (χ4v) is 4.71. The Kier molecular flexibility index (Phi) is 7.99. The maximum atomic E-state index is 2.35. The predicted octanol–water partition coefficient (Wildman–Crippen LogP) is 8.42. The van der Waals surface area contributed by atoms with Gasteiger partial charge in [-0.05, 0) is 59.6 Å². The first-order chi connectivity index (χ1) is 13.3. The quantitative estimate of drug-likeness (QED) is 0.284. The molecule has 0 spiro atoms. The van der Waals surface area contributed by atoms with Crippen molar-refractivity contribution in [3.8, 4) is 11.1 Å². The van der Waals surface area contributed by atoms with Gasteiger partial charge in [-0.1, -0.05) is 108 Å². The summed E-state index contributed by atoms with van der Waals surface area (Å²) >= 11 is 0. The minimum atomic E-state index is 1.14. The molecule has 0 N–H and O–H groups in total. The average molecular weight is 363 g/mol. The first-order valence-electron chi connectivity index (χ1n) is 11.5. The first-order valence-corrected chi connectivity index (χ1v) is 11.5. The van der Waals surface area contributed by atoms with Crippen LogP contribution in [0.4, 0.5) is 0 Å². The molecule has 0 saturated heterocycles. The Morgan fingerprint density at radius 1 is 0.667 bits per heavy atom. The van der Waals surface area contributed by atoms with Gasteiger partial charge in [-0.25, -0.2) is 0 Å². The van der Waals surface area contributed by atoms with Crippen molar-refractivity contribution in [3.05, 3.63) is 58.7 Å². The lowest BCUT2D eigenvalue weighted by Crippen LogP contribution is -1.97. The molecule has 0 aliphatic heterocycles. The Morgan fingerprint density at radius 3 is 2.00 bits per heavy atom. The molecule has 0 nitrogen and oxygen atoms in total. The molecule has 0 unspecified atom stereocenters. The van der Waals surface area contributed by atoms with Gasteiger partial charge in [0.2, 0.25) is 0 Å². The van der Waals surface area contributed by atoms with Crippen molar-refractivity contribution >= 4 is 0 Å². The highest BCUT2D eigenvalue weighted by Crippen LogP contribution is 2.39. The fourth-order valence-electron chi connectivity index (χ4n) is 4.71. The maximum absolute atomic E-state index is 2.35. The van der Waals surface area contributed by atoms with Crippen molar-refractivity contribution in [2.45, 2.75) is 97.3 Å². The SMILES string of the molecule is CCCCCCCCCCCCCc1c(C)ccc2c1Cc1ccccc1-2. The van der Waals surface area contributed by atoms with Gasteiger partial charge in [0.05, 0.1) is 0 Å². The smallest absolute Gasteiger partial charge is 0.00106 e. The topological polar surface area (TPSA) is 0 Å². The maximum Gasteiger partial charge on any atom is -0.00106 e. The van der Waals surface area contributed by atoms with Crippen molar-refractivity contribution in [3.63, 3.8) is 0 Å². The number of unbranched alkanes of at least 4 members (excludes halogenated alkanes) is 10. The van der Waals surface area contributed by atoms with E-state index in [0.717, 1.165) is 6.42 Å². The van der Waals surface area contributed by atoms with Crippen LogP contribution in [0.15, 0.2) is 36.4 Å². The van der Waals surface area contributed by atoms with Crippen molar-refractivity contribution in [2.24, 2.45) is 0 Å². The first kappa shape index (κ1) is 20.2.